The number of ether oxygens (including phenoxy) is 1. The van der Waals surface area contributed by atoms with Crippen LogP contribution in [0.2, 0.25) is 0 Å². The number of aryl methyl sites for hydroxylation is 2. The molecule has 0 aliphatic heterocycles. The fourth-order valence-corrected chi connectivity index (χ4v) is 1.66. The Labute approximate surface area is 114 Å². The molecule has 4 nitrogen and oxygen atoms in total. The van der Waals surface area contributed by atoms with E-state index < -0.39 is 5.97 Å². The van der Waals surface area contributed by atoms with Crippen LogP contribution in [0.3, 0.4) is 0 Å². The Kier molecular flexibility index (Phi) is 7.15. The summed E-state index contributed by atoms with van der Waals surface area (Å²) in [5, 5.41) is 0. The molecule has 105 valence electrons. The summed E-state index contributed by atoms with van der Waals surface area (Å²) in [6.07, 6.45) is 2.10. The van der Waals surface area contributed by atoms with E-state index in [1.807, 2.05) is 32.0 Å². The normalized spacial score (nSPS) is 10.5. The minimum atomic E-state index is -0.486. The van der Waals surface area contributed by atoms with Crippen LogP contribution in [0.4, 0.5) is 0 Å². The monoisotopic (exact) mass is 265 g/mol. The van der Waals surface area contributed by atoms with Crippen molar-refractivity contribution < 1.29 is 19.3 Å². The van der Waals surface area contributed by atoms with Gasteiger partial charge >= 0.3 is 5.97 Å². The molecule has 0 N–H and O–H groups in total. The fraction of sp³-hybridized carbons (Fsp3) is 0.467. The molecule has 1 aromatic carbocycles. The standard InChI is InChI=1S/C15H21O4/c1-4-5-9-17-10-11-18-19-15(16)14-12(2)7-6-8-13(14)3/h6-8,11H,4-5,9-10H2,1-3H3. The third kappa shape index (κ3) is 5.41. The molecule has 4 heteroatoms. The Bertz CT molecular complexity index is 381. The Balaban J connectivity index is 2.28. The van der Waals surface area contributed by atoms with Crippen LogP contribution in [0.25, 0.3) is 0 Å². The number of hydrogen-bond acceptors (Lipinski definition) is 4. The molecule has 0 saturated heterocycles. The minimum Gasteiger partial charge on any atom is -0.378 e. The average molecular weight is 265 g/mol. The first kappa shape index (κ1) is 15.7. The van der Waals surface area contributed by atoms with E-state index in [9.17, 15) is 4.79 Å². The minimum absolute atomic E-state index is 0.306. The highest BCUT2D eigenvalue weighted by Crippen LogP contribution is 2.14. The summed E-state index contributed by atoms with van der Waals surface area (Å²) in [5.74, 6) is -0.486. The highest BCUT2D eigenvalue weighted by molar-refractivity contribution is 5.92. The maximum absolute atomic E-state index is 11.8. The summed E-state index contributed by atoms with van der Waals surface area (Å²) in [6.45, 7) is 8.14. The van der Waals surface area contributed by atoms with Gasteiger partial charge in [-0.25, -0.2) is 4.79 Å². The van der Waals surface area contributed by atoms with Crippen LogP contribution in [0.1, 0.15) is 41.3 Å². The quantitative estimate of drug-likeness (QED) is 0.410. The average Bonchev–Trinajstić information content (AvgIpc) is 2.37. The zero-order valence-corrected chi connectivity index (χ0v) is 11.8. The molecule has 0 saturated carbocycles. The Morgan fingerprint density at radius 2 is 1.95 bits per heavy atom. The van der Waals surface area contributed by atoms with E-state index in [-0.39, 0.29) is 0 Å². The molecule has 0 aromatic heterocycles. The molecule has 1 rings (SSSR count). The number of benzene rings is 1. The van der Waals surface area contributed by atoms with Crippen LogP contribution in [-0.2, 0) is 14.5 Å². The molecule has 0 unspecified atom stereocenters. The van der Waals surface area contributed by atoms with Gasteiger partial charge < -0.3 is 4.74 Å². The van der Waals surface area contributed by atoms with Crippen LogP contribution in [0.5, 0.6) is 0 Å². The molecule has 0 atom stereocenters. The highest BCUT2D eigenvalue weighted by Gasteiger charge is 2.14. The molecule has 0 amide bonds. The maximum atomic E-state index is 11.8. The fourth-order valence-electron chi connectivity index (χ4n) is 1.66. The van der Waals surface area contributed by atoms with Gasteiger partial charge in [0.15, 0.2) is 6.61 Å². The van der Waals surface area contributed by atoms with Crippen molar-refractivity contribution in [1.29, 1.82) is 0 Å². The van der Waals surface area contributed by atoms with Crippen molar-refractivity contribution in [2.75, 3.05) is 13.2 Å². The predicted molar refractivity (Wildman–Crippen MR) is 72.4 cm³/mol. The zero-order chi connectivity index (χ0) is 14.1. The predicted octanol–water partition coefficient (Wildman–Crippen LogP) is 3.37. The zero-order valence-electron chi connectivity index (χ0n) is 11.8. The molecule has 0 aliphatic carbocycles. The van der Waals surface area contributed by atoms with Gasteiger partial charge in [0.1, 0.15) is 0 Å². The van der Waals surface area contributed by atoms with Gasteiger partial charge in [-0.3, -0.25) is 4.89 Å². The van der Waals surface area contributed by atoms with Crippen molar-refractivity contribution in [3.05, 3.63) is 41.5 Å². The molecular weight excluding hydrogens is 244 g/mol. The van der Waals surface area contributed by atoms with Crippen molar-refractivity contribution in [3.8, 4) is 0 Å². The van der Waals surface area contributed by atoms with E-state index in [2.05, 4.69) is 6.92 Å². The Hall–Kier alpha value is -1.39. The molecule has 0 bridgehead atoms. The van der Waals surface area contributed by atoms with Gasteiger partial charge in [-0.05, 0) is 31.4 Å². The van der Waals surface area contributed by atoms with Crippen molar-refractivity contribution in [2.24, 2.45) is 0 Å². The lowest BCUT2D eigenvalue weighted by molar-refractivity contribution is -0.218. The summed E-state index contributed by atoms with van der Waals surface area (Å²) >= 11 is 0. The molecular formula is C15H21O4. The van der Waals surface area contributed by atoms with Gasteiger partial charge in [0.25, 0.3) is 0 Å². The van der Waals surface area contributed by atoms with Gasteiger partial charge in [-0.1, -0.05) is 31.5 Å². The number of carbonyl (C=O) groups is 1. The number of unbranched alkanes of at least 4 members (excludes halogenated alkanes) is 1. The lowest BCUT2D eigenvalue weighted by Gasteiger charge is -2.08. The van der Waals surface area contributed by atoms with Crippen molar-refractivity contribution in [2.45, 2.75) is 33.6 Å². The lowest BCUT2D eigenvalue weighted by Crippen LogP contribution is -2.10. The van der Waals surface area contributed by atoms with E-state index in [0.29, 0.717) is 18.8 Å². The summed E-state index contributed by atoms with van der Waals surface area (Å²) in [6, 6.07) is 5.62. The van der Waals surface area contributed by atoms with Crippen LogP contribution < -0.4 is 0 Å². The molecule has 19 heavy (non-hydrogen) atoms. The van der Waals surface area contributed by atoms with Gasteiger partial charge in [0.2, 0.25) is 0 Å². The van der Waals surface area contributed by atoms with Crippen molar-refractivity contribution in [1.82, 2.24) is 0 Å². The van der Waals surface area contributed by atoms with E-state index in [0.717, 1.165) is 24.0 Å². The van der Waals surface area contributed by atoms with E-state index in [1.165, 1.54) is 6.61 Å². The highest BCUT2D eigenvalue weighted by atomic mass is 17.2. The first-order valence-electron chi connectivity index (χ1n) is 6.50. The van der Waals surface area contributed by atoms with Crippen molar-refractivity contribution in [3.63, 3.8) is 0 Å². The number of carbonyl (C=O) groups excluding carboxylic acids is 1. The molecule has 0 heterocycles. The number of hydrogen-bond donors (Lipinski definition) is 0. The third-order valence-corrected chi connectivity index (χ3v) is 2.71. The van der Waals surface area contributed by atoms with Gasteiger partial charge in [0.05, 0.1) is 12.2 Å². The summed E-state index contributed by atoms with van der Waals surface area (Å²) in [4.78, 5) is 21.3. The van der Waals surface area contributed by atoms with Crippen LogP contribution in [-0.4, -0.2) is 19.2 Å². The molecule has 0 aliphatic rings. The van der Waals surface area contributed by atoms with Crippen LogP contribution in [0.15, 0.2) is 18.2 Å². The van der Waals surface area contributed by atoms with Gasteiger partial charge in [-0.2, -0.15) is 4.89 Å². The van der Waals surface area contributed by atoms with E-state index in [4.69, 9.17) is 14.5 Å². The van der Waals surface area contributed by atoms with Gasteiger partial charge in [0, 0.05) is 6.61 Å². The maximum Gasteiger partial charge on any atom is 0.373 e. The third-order valence-electron chi connectivity index (χ3n) is 2.71. The molecule has 0 spiro atoms. The SMILES string of the molecule is CCCCOC[CH]OOC(=O)c1c(C)cccc1C. The van der Waals surface area contributed by atoms with Crippen LogP contribution in [0, 0.1) is 20.5 Å². The lowest BCUT2D eigenvalue weighted by atomic mass is 10.0. The molecule has 1 aromatic rings. The van der Waals surface area contributed by atoms with E-state index >= 15 is 0 Å². The topological polar surface area (TPSA) is 44.8 Å². The largest absolute Gasteiger partial charge is 0.378 e. The summed E-state index contributed by atoms with van der Waals surface area (Å²) in [7, 11) is 0. The van der Waals surface area contributed by atoms with Crippen molar-refractivity contribution >= 4 is 5.97 Å². The Morgan fingerprint density at radius 1 is 1.26 bits per heavy atom. The molecule has 0 fully saturated rings. The van der Waals surface area contributed by atoms with Crippen LogP contribution >= 0.6 is 0 Å². The molecule has 1 radical (unpaired) electrons. The second-order valence-electron chi connectivity index (χ2n) is 4.33. The Morgan fingerprint density at radius 3 is 2.58 bits per heavy atom. The number of rotatable bonds is 8. The summed E-state index contributed by atoms with van der Waals surface area (Å²) < 4.78 is 5.24. The second kappa shape index (κ2) is 8.67. The smallest absolute Gasteiger partial charge is 0.373 e. The second-order valence-corrected chi connectivity index (χ2v) is 4.33. The van der Waals surface area contributed by atoms with E-state index in [1.54, 1.807) is 0 Å². The van der Waals surface area contributed by atoms with Gasteiger partial charge in [-0.15, -0.1) is 0 Å². The first-order valence-corrected chi connectivity index (χ1v) is 6.50. The first-order chi connectivity index (χ1) is 9.16. The summed E-state index contributed by atoms with van der Waals surface area (Å²) in [5.41, 5.74) is 2.28.